The van der Waals surface area contributed by atoms with Gasteiger partial charge in [-0.2, -0.15) is 0 Å². The van der Waals surface area contributed by atoms with Crippen molar-refractivity contribution in [3.05, 3.63) is 53.7 Å². The number of carbonyl (C=O) groups excluding carboxylic acids is 2. The van der Waals surface area contributed by atoms with E-state index in [1.807, 2.05) is 56.0 Å². The molecule has 27 heavy (non-hydrogen) atoms. The highest BCUT2D eigenvalue weighted by molar-refractivity contribution is 6.00. The predicted molar refractivity (Wildman–Crippen MR) is 106 cm³/mol. The van der Waals surface area contributed by atoms with Gasteiger partial charge in [-0.15, -0.1) is 0 Å². The molecule has 2 amide bonds. The summed E-state index contributed by atoms with van der Waals surface area (Å²) in [5.41, 5.74) is 3.42. The Hall–Kier alpha value is -2.69. The first-order valence-corrected chi connectivity index (χ1v) is 9.58. The van der Waals surface area contributed by atoms with Gasteiger partial charge in [0.1, 0.15) is 0 Å². The Labute approximate surface area is 160 Å². The maximum atomic E-state index is 13.1. The maximum absolute atomic E-state index is 13.1. The van der Waals surface area contributed by atoms with Crippen LogP contribution in [0.15, 0.2) is 42.6 Å². The first-order chi connectivity index (χ1) is 13.0. The maximum Gasteiger partial charge on any atom is 0.256 e. The van der Waals surface area contributed by atoms with Crippen LogP contribution in [0.1, 0.15) is 42.6 Å². The van der Waals surface area contributed by atoms with E-state index in [1.54, 1.807) is 12.3 Å². The second-order valence-electron chi connectivity index (χ2n) is 7.44. The molecule has 1 saturated heterocycles. The number of aromatic nitrogens is 1. The van der Waals surface area contributed by atoms with Crippen molar-refractivity contribution >= 4 is 11.8 Å². The summed E-state index contributed by atoms with van der Waals surface area (Å²) in [4.78, 5) is 31.7. The van der Waals surface area contributed by atoms with Crippen molar-refractivity contribution in [3.8, 4) is 11.3 Å². The molecule has 0 unspecified atom stereocenters. The van der Waals surface area contributed by atoms with Crippen LogP contribution in [0.3, 0.4) is 0 Å². The number of benzene rings is 1. The number of likely N-dealkylation sites (tertiary alicyclic amines) is 1. The van der Waals surface area contributed by atoms with Gasteiger partial charge in [-0.25, -0.2) is 0 Å². The topological polar surface area (TPSA) is 62.3 Å². The van der Waals surface area contributed by atoms with Gasteiger partial charge in [0.2, 0.25) is 5.91 Å². The van der Waals surface area contributed by atoms with Crippen LogP contribution >= 0.6 is 0 Å². The summed E-state index contributed by atoms with van der Waals surface area (Å²) in [6.45, 7) is 7.14. The van der Waals surface area contributed by atoms with E-state index >= 15 is 0 Å². The summed E-state index contributed by atoms with van der Waals surface area (Å²) in [6.07, 6.45) is 3.12. The van der Waals surface area contributed by atoms with Gasteiger partial charge in [0.05, 0.1) is 11.3 Å². The summed E-state index contributed by atoms with van der Waals surface area (Å²) in [5, 5.41) is 2.97. The molecule has 1 N–H and O–H groups in total. The Morgan fingerprint density at radius 3 is 2.48 bits per heavy atom. The molecule has 0 spiro atoms. The zero-order chi connectivity index (χ0) is 19.4. The lowest BCUT2D eigenvalue weighted by atomic mass is 9.94. The summed E-state index contributed by atoms with van der Waals surface area (Å²) >= 11 is 0. The number of pyridine rings is 1. The van der Waals surface area contributed by atoms with Crippen LogP contribution < -0.4 is 5.32 Å². The Morgan fingerprint density at radius 1 is 1.11 bits per heavy atom. The molecule has 1 aliphatic heterocycles. The van der Waals surface area contributed by atoms with Crippen LogP contribution in [-0.4, -0.2) is 40.8 Å². The van der Waals surface area contributed by atoms with E-state index in [2.05, 4.69) is 10.3 Å². The van der Waals surface area contributed by atoms with Gasteiger partial charge in [-0.1, -0.05) is 24.3 Å². The van der Waals surface area contributed by atoms with Crippen LogP contribution in [-0.2, 0) is 4.79 Å². The largest absolute Gasteiger partial charge is 0.354 e. The first-order valence-electron chi connectivity index (χ1n) is 9.58. The normalized spacial score (nSPS) is 15.0. The number of nitrogens with zero attached hydrogens (tertiary/aromatic N) is 2. The molecular formula is C22H27N3O2. The van der Waals surface area contributed by atoms with Crippen molar-refractivity contribution in [2.75, 3.05) is 13.1 Å². The first kappa shape index (κ1) is 19.1. The van der Waals surface area contributed by atoms with Crippen molar-refractivity contribution in [2.24, 2.45) is 5.92 Å². The molecule has 2 aromatic rings. The molecule has 2 heterocycles. The van der Waals surface area contributed by atoms with Gasteiger partial charge in [-0.05, 0) is 51.3 Å². The van der Waals surface area contributed by atoms with E-state index in [1.165, 1.54) is 0 Å². The van der Waals surface area contributed by atoms with Crippen molar-refractivity contribution in [2.45, 2.75) is 39.7 Å². The molecule has 0 atom stereocenters. The van der Waals surface area contributed by atoms with Gasteiger partial charge < -0.3 is 10.2 Å². The average Bonchev–Trinajstić information content (AvgIpc) is 2.67. The summed E-state index contributed by atoms with van der Waals surface area (Å²) in [5.74, 6) is 0.0735. The zero-order valence-corrected chi connectivity index (χ0v) is 16.2. The fourth-order valence-corrected chi connectivity index (χ4v) is 3.55. The fourth-order valence-electron chi connectivity index (χ4n) is 3.55. The molecule has 142 valence electrons. The Balaban J connectivity index is 1.75. The minimum atomic E-state index is -0.0128. The van der Waals surface area contributed by atoms with Gasteiger partial charge in [0, 0.05) is 36.8 Å². The molecule has 5 heteroatoms. The third-order valence-corrected chi connectivity index (χ3v) is 5.02. The quantitative estimate of drug-likeness (QED) is 0.903. The van der Waals surface area contributed by atoms with Crippen LogP contribution in [0, 0.1) is 12.8 Å². The average molecular weight is 365 g/mol. The van der Waals surface area contributed by atoms with Gasteiger partial charge in [-0.3, -0.25) is 14.6 Å². The number of rotatable bonds is 4. The molecule has 0 radical (unpaired) electrons. The standard InChI is InChI=1S/C22H27N3O2/c1-15(2)24-21(26)17-10-13-25(14-11-17)22(27)19-9-6-12-23-20(19)18-8-5-4-7-16(18)3/h4-9,12,15,17H,10-11,13-14H2,1-3H3,(H,24,26). The second-order valence-corrected chi connectivity index (χ2v) is 7.44. The molecule has 1 aliphatic rings. The van der Waals surface area contributed by atoms with E-state index in [0.29, 0.717) is 31.5 Å². The lowest BCUT2D eigenvalue weighted by molar-refractivity contribution is -0.126. The van der Waals surface area contributed by atoms with E-state index in [0.717, 1.165) is 16.8 Å². The molecule has 0 saturated carbocycles. The smallest absolute Gasteiger partial charge is 0.256 e. The van der Waals surface area contributed by atoms with E-state index in [-0.39, 0.29) is 23.8 Å². The zero-order valence-electron chi connectivity index (χ0n) is 16.2. The Kier molecular flexibility index (Phi) is 5.89. The van der Waals surface area contributed by atoms with Crippen LogP contribution in [0.2, 0.25) is 0 Å². The fraction of sp³-hybridized carbons (Fsp3) is 0.409. The van der Waals surface area contributed by atoms with Crippen molar-refractivity contribution in [1.29, 1.82) is 0 Å². The lowest BCUT2D eigenvalue weighted by Gasteiger charge is -2.32. The van der Waals surface area contributed by atoms with Crippen LogP contribution in [0.4, 0.5) is 0 Å². The molecule has 0 aliphatic carbocycles. The summed E-state index contributed by atoms with van der Waals surface area (Å²) < 4.78 is 0. The minimum absolute atomic E-state index is 0.0101. The van der Waals surface area contributed by atoms with Crippen molar-refractivity contribution < 1.29 is 9.59 Å². The number of hydrogen-bond acceptors (Lipinski definition) is 3. The van der Waals surface area contributed by atoms with E-state index in [4.69, 9.17) is 0 Å². The van der Waals surface area contributed by atoms with E-state index < -0.39 is 0 Å². The number of carbonyl (C=O) groups is 2. The second kappa shape index (κ2) is 8.33. The highest BCUT2D eigenvalue weighted by atomic mass is 16.2. The highest BCUT2D eigenvalue weighted by Gasteiger charge is 2.29. The SMILES string of the molecule is Cc1ccccc1-c1ncccc1C(=O)N1CCC(C(=O)NC(C)C)CC1. The number of nitrogens with one attached hydrogen (secondary N) is 1. The minimum Gasteiger partial charge on any atom is -0.354 e. The monoisotopic (exact) mass is 365 g/mol. The van der Waals surface area contributed by atoms with Gasteiger partial charge in [0.25, 0.3) is 5.91 Å². The van der Waals surface area contributed by atoms with E-state index in [9.17, 15) is 9.59 Å². The molecule has 0 bridgehead atoms. The number of aryl methyl sites for hydroxylation is 1. The Bertz CT molecular complexity index is 824. The van der Waals surface area contributed by atoms with Crippen molar-refractivity contribution in [3.63, 3.8) is 0 Å². The number of amides is 2. The van der Waals surface area contributed by atoms with Crippen molar-refractivity contribution in [1.82, 2.24) is 15.2 Å². The van der Waals surface area contributed by atoms with Gasteiger partial charge >= 0.3 is 0 Å². The lowest BCUT2D eigenvalue weighted by Crippen LogP contribution is -2.44. The summed E-state index contributed by atoms with van der Waals surface area (Å²) in [6, 6.07) is 11.8. The number of hydrogen-bond donors (Lipinski definition) is 1. The molecule has 3 rings (SSSR count). The molecule has 1 aromatic carbocycles. The predicted octanol–water partition coefficient (Wildman–Crippen LogP) is 3.43. The van der Waals surface area contributed by atoms with Crippen LogP contribution in [0.25, 0.3) is 11.3 Å². The summed E-state index contributed by atoms with van der Waals surface area (Å²) in [7, 11) is 0. The van der Waals surface area contributed by atoms with Gasteiger partial charge in [0.15, 0.2) is 0 Å². The molecule has 1 fully saturated rings. The molecular weight excluding hydrogens is 338 g/mol. The van der Waals surface area contributed by atoms with Crippen LogP contribution in [0.5, 0.6) is 0 Å². The third-order valence-electron chi connectivity index (χ3n) is 5.02. The third kappa shape index (κ3) is 4.35. The Morgan fingerprint density at radius 2 is 1.81 bits per heavy atom. The molecule has 1 aromatic heterocycles. The highest BCUT2D eigenvalue weighted by Crippen LogP contribution is 2.27. The number of piperidine rings is 1. The molecule has 5 nitrogen and oxygen atoms in total.